The predicted molar refractivity (Wildman–Crippen MR) is 111 cm³/mol. The molecule has 6 nitrogen and oxygen atoms in total. The van der Waals surface area contributed by atoms with Crippen LogP contribution < -0.4 is 9.47 Å². The van der Waals surface area contributed by atoms with Crippen molar-refractivity contribution in [1.29, 1.82) is 0 Å². The van der Waals surface area contributed by atoms with Crippen LogP contribution in [0.15, 0.2) is 42.5 Å². The number of benzene rings is 2. The number of aryl methyl sites for hydroxylation is 1. The summed E-state index contributed by atoms with van der Waals surface area (Å²) in [5.74, 6) is 0.530. The van der Waals surface area contributed by atoms with Crippen molar-refractivity contribution in [3.8, 4) is 11.5 Å². The minimum atomic E-state index is -0.521. The van der Waals surface area contributed by atoms with Crippen molar-refractivity contribution in [3.63, 3.8) is 0 Å². The molecule has 0 saturated carbocycles. The summed E-state index contributed by atoms with van der Waals surface area (Å²) in [6.07, 6.45) is 0.967. The maximum absolute atomic E-state index is 13.9. The Bertz CT molecular complexity index is 895. The van der Waals surface area contributed by atoms with Crippen molar-refractivity contribution in [1.82, 2.24) is 9.80 Å². The second-order valence-corrected chi connectivity index (χ2v) is 7.07. The molecular weight excluding hydrogens is 387 g/mol. The minimum Gasteiger partial charge on any atom is -0.493 e. The van der Waals surface area contributed by atoms with Crippen LogP contribution in [0.3, 0.4) is 0 Å². The number of hydrogen-bond donors (Lipinski definition) is 0. The Morgan fingerprint density at radius 1 is 1.00 bits per heavy atom. The molecule has 160 valence electrons. The van der Waals surface area contributed by atoms with Crippen molar-refractivity contribution >= 4 is 11.8 Å². The molecule has 2 aromatic rings. The molecule has 1 saturated heterocycles. The van der Waals surface area contributed by atoms with E-state index in [2.05, 4.69) is 0 Å². The molecule has 1 aliphatic heterocycles. The van der Waals surface area contributed by atoms with E-state index in [1.54, 1.807) is 29.0 Å². The fourth-order valence-electron chi connectivity index (χ4n) is 3.52. The highest BCUT2D eigenvalue weighted by molar-refractivity contribution is 5.94. The zero-order valence-electron chi connectivity index (χ0n) is 17.4. The normalized spacial score (nSPS) is 13.8. The molecule has 1 fully saturated rings. The van der Waals surface area contributed by atoms with Crippen LogP contribution in [0.5, 0.6) is 11.5 Å². The highest BCUT2D eigenvalue weighted by Crippen LogP contribution is 2.28. The monoisotopic (exact) mass is 414 g/mol. The lowest BCUT2D eigenvalue weighted by Crippen LogP contribution is -2.50. The predicted octanol–water partition coefficient (Wildman–Crippen LogP) is 3.15. The molecule has 0 unspecified atom stereocenters. The molecular formula is C23H27FN2O4. The first-order chi connectivity index (χ1) is 14.5. The number of carbonyl (C=O) groups is 2. The summed E-state index contributed by atoms with van der Waals surface area (Å²) < 4.78 is 24.7. The van der Waals surface area contributed by atoms with Crippen molar-refractivity contribution < 1.29 is 23.5 Å². The molecule has 0 spiro atoms. The van der Waals surface area contributed by atoms with Gasteiger partial charge in [0.15, 0.2) is 11.5 Å². The highest BCUT2D eigenvalue weighted by atomic mass is 19.1. The standard InChI is InChI=1S/C23H27FN2O4/c1-3-30-20-10-8-17(16-21(20)29-2)9-11-22(27)25-12-14-26(15-13-25)23(28)18-6-4-5-7-19(18)24/h4-8,10,16H,3,9,11-15H2,1-2H3. The fraction of sp³-hybridized carbons (Fsp3) is 0.391. The number of methoxy groups -OCH3 is 1. The first-order valence-electron chi connectivity index (χ1n) is 10.1. The van der Waals surface area contributed by atoms with Crippen molar-refractivity contribution in [3.05, 3.63) is 59.4 Å². The van der Waals surface area contributed by atoms with E-state index in [1.165, 1.54) is 12.1 Å². The number of nitrogens with zero attached hydrogens (tertiary/aromatic N) is 2. The van der Waals surface area contributed by atoms with E-state index in [9.17, 15) is 14.0 Å². The number of carbonyl (C=O) groups excluding carboxylic acids is 2. The molecule has 7 heteroatoms. The smallest absolute Gasteiger partial charge is 0.256 e. The Balaban J connectivity index is 1.51. The van der Waals surface area contributed by atoms with Gasteiger partial charge in [0.25, 0.3) is 5.91 Å². The number of rotatable bonds is 7. The third kappa shape index (κ3) is 5.09. The largest absolute Gasteiger partial charge is 0.493 e. The minimum absolute atomic E-state index is 0.0424. The Hall–Kier alpha value is -3.09. The summed E-state index contributed by atoms with van der Waals surface area (Å²) in [7, 11) is 1.59. The summed E-state index contributed by atoms with van der Waals surface area (Å²) in [5, 5.41) is 0. The molecule has 1 aliphatic rings. The zero-order chi connectivity index (χ0) is 21.5. The Kier molecular flexibility index (Phi) is 7.27. The van der Waals surface area contributed by atoms with Crippen LogP contribution in [0.2, 0.25) is 0 Å². The van der Waals surface area contributed by atoms with Gasteiger partial charge in [0.05, 0.1) is 19.3 Å². The van der Waals surface area contributed by atoms with E-state index in [0.717, 1.165) is 5.56 Å². The van der Waals surface area contributed by atoms with Crippen molar-refractivity contribution in [2.45, 2.75) is 19.8 Å². The maximum atomic E-state index is 13.9. The first-order valence-corrected chi connectivity index (χ1v) is 10.1. The fourth-order valence-corrected chi connectivity index (χ4v) is 3.52. The second-order valence-electron chi connectivity index (χ2n) is 7.07. The summed E-state index contributed by atoms with van der Waals surface area (Å²) >= 11 is 0. The van der Waals surface area contributed by atoms with Gasteiger partial charge in [-0.3, -0.25) is 9.59 Å². The van der Waals surface area contributed by atoms with Gasteiger partial charge >= 0.3 is 0 Å². The van der Waals surface area contributed by atoms with E-state index in [1.807, 2.05) is 25.1 Å². The lowest BCUT2D eigenvalue weighted by Gasteiger charge is -2.35. The van der Waals surface area contributed by atoms with E-state index in [-0.39, 0.29) is 17.4 Å². The quantitative estimate of drug-likeness (QED) is 0.698. The molecule has 2 aromatic carbocycles. The number of piperazine rings is 1. The van der Waals surface area contributed by atoms with Gasteiger partial charge in [-0.15, -0.1) is 0 Å². The van der Waals surface area contributed by atoms with Gasteiger partial charge in [-0.05, 0) is 43.2 Å². The molecule has 0 radical (unpaired) electrons. The van der Waals surface area contributed by atoms with Gasteiger partial charge in [0, 0.05) is 32.6 Å². The van der Waals surface area contributed by atoms with Crippen LogP contribution in [0, 0.1) is 5.82 Å². The van der Waals surface area contributed by atoms with E-state index in [4.69, 9.17) is 9.47 Å². The van der Waals surface area contributed by atoms with Gasteiger partial charge in [-0.1, -0.05) is 18.2 Å². The van der Waals surface area contributed by atoms with Crippen LogP contribution in [0.4, 0.5) is 4.39 Å². The van der Waals surface area contributed by atoms with Crippen LogP contribution in [-0.2, 0) is 11.2 Å². The third-order valence-corrected chi connectivity index (χ3v) is 5.18. The van der Waals surface area contributed by atoms with Gasteiger partial charge in [-0.25, -0.2) is 4.39 Å². The Labute approximate surface area is 176 Å². The van der Waals surface area contributed by atoms with E-state index >= 15 is 0 Å². The third-order valence-electron chi connectivity index (χ3n) is 5.18. The maximum Gasteiger partial charge on any atom is 0.256 e. The lowest BCUT2D eigenvalue weighted by molar-refractivity contribution is -0.132. The zero-order valence-corrected chi connectivity index (χ0v) is 17.4. The average molecular weight is 414 g/mol. The molecule has 0 aliphatic carbocycles. The van der Waals surface area contributed by atoms with E-state index in [0.29, 0.717) is 57.1 Å². The van der Waals surface area contributed by atoms with E-state index < -0.39 is 5.82 Å². The van der Waals surface area contributed by atoms with Crippen LogP contribution >= 0.6 is 0 Å². The molecule has 0 aromatic heterocycles. The average Bonchev–Trinajstić information content (AvgIpc) is 2.78. The summed E-state index contributed by atoms with van der Waals surface area (Å²) in [6.45, 7) is 4.16. The number of amides is 2. The summed E-state index contributed by atoms with van der Waals surface area (Å²) in [4.78, 5) is 28.5. The van der Waals surface area contributed by atoms with Crippen LogP contribution in [0.1, 0.15) is 29.3 Å². The SMILES string of the molecule is CCOc1ccc(CCC(=O)N2CCN(C(=O)c3ccccc3F)CC2)cc1OC. The topological polar surface area (TPSA) is 59.1 Å². The summed E-state index contributed by atoms with van der Waals surface area (Å²) in [5.41, 5.74) is 1.07. The van der Waals surface area contributed by atoms with Gasteiger partial charge in [-0.2, -0.15) is 0 Å². The second kappa shape index (κ2) is 10.1. The highest BCUT2D eigenvalue weighted by Gasteiger charge is 2.26. The van der Waals surface area contributed by atoms with Crippen LogP contribution in [0.25, 0.3) is 0 Å². The molecule has 30 heavy (non-hydrogen) atoms. The first kappa shape index (κ1) is 21.6. The number of halogens is 1. The number of ether oxygens (including phenoxy) is 2. The summed E-state index contributed by atoms with van der Waals surface area (Å²) in [6, 6.07) is 11.7. The van der Waals surface area contributed by atoms with Crippen molar-refractivity contribution in [2.24, 2.45) is 0 Å². The van der Waals surface area contributed by atoms with Crippen molar-refractivity contribution in [2.75, 3.05) is 39.9 Å². The van der Waals surface area contributed by atoms with Crippen LogP contribution in [-0.4, -0.2) is 61.5 Å². The van der Waals surface area contributed by atoms with Gasteiger partial charge < -0.3 is 19.3 Å². The Morgan fingerprint density at radius 3 is 2.37 bits per heavy atom. The molecule has 2 amide bonds. The molecule has 3 rings (SSSR count). The van der Waals surface area contributed by atoms with Gasteiger partial charge in [0.1, 0.15) is 5.82 Å². The molecule has 0 atom stereocenters. The van der Waals surface area contributed by atoms with Gasteiger partial charge in [0.2, 0.25) is 5.91 Å². The molecule has 0 N–H and O–H groups in total. The number of hydrogen-bond acceptors (Lipinski definition) is 4. The molecule has 1 heterocycles. The lowest BCUT2D eigenvalue weighted by atomic mass is 10.1. The Morgan fingerprint density at radius 2 is 1.70 bits per heavy atom. The molecule has 0 bridgehead atoms.